The molecule has 1 aliphatic heterocycles. The van der Waals surface area contributed by atoms with Crippen molar-refractivity contribution in [2.75, 3.05) is 51.8 Å². The van der Waals surface area contributed by atoms with Gasteiger partial charge in [-0.1, -0.05) is 0 Å². The van der Waals surface area contributed by atoms with E-state index in [0.717, 1.165) is 0 Å². The molecular formula is C17H24BrN3O4. The molecule has 1 N–H and O–H groups in total. The van der Waals surface area contributed by atoms with Gasteiger partial charge in [0.25, 0.3) is 0 Å². The lowest BCUT2D eigenvalue weighted by atomic mass is 10.2. The van der Waals surface area contributed by atoms with Crippen LogP contribution in [0.4, 0.5) is 5.69 Å². The molecular weight excluding hydrogens is 390 g/mol. The van der Waals surface area contributed by atoms with Crippen LogP contribution in [-0.4, -0.2) is 68.1 Å². The topological polar surface area (TPSA) is 71.1 Å². The number of nitrogens with one attached hydrogen (secondary N) is 1. The van der Waals surface area contributed by atoms with Crippen molar-refractivity contribution >= 4 is 33.4 Å². The van der Waals surface area contributed by atoms with Crippen LogP contribution in [0.25, 0.3) is 0 Å². The maximum Gasteiger partial charge on any atom is 0.238 e. The van der Waals surface area contributed by atoms with E-state index in [1.807, 2.05) is 13.8 Å². The molecule has 8 heteroatoms. The van der Waals surface area contributed by atoms with E-state index >= 15 is 0 Å². The Balaban J connectivity index is 1.92. The second-order valence-electron chi connectivity index (χ2n) is 5.76. The van der Waals surface area contributed by atoms with Crippen LogP contribution in [0.5, 0.6) is 11.5 Å². The summed E-state index contributed by atoms with van der Waals surface area (Å²) in [5.74, 6) is 1.07. The lowest BCUT2D eigenvalue weighted by Crippen LogP contribution is -2.41. The van der Waals surface area contributed by atoms with Gasteiger partial charge in [0.05, 0.1) is 18.8 Å². The quantitative estimate of drug-likeness (QED) is 0.739. The van der Waals surface area contributed by atoms with Crippen LogP contribution < -0.4 is 14.8 Å². The molecule has 0 fully saturated rings. The van der Waals surface area contributed by atoms with Gasteiger partial charge in [-0.25, -0.2) is 0 Å². The van der Waals surface area contributed by atoms with E-state index in [1.165, 1.54) is 0 Å². The number of benzene rings is 1. The smallest absolute Gasteiger partial charge is 0.238 e. The SMILES string of the molecule is CCN(CC)C(=O)CN(C)CC(=O)Nc1cc2c(cc1Br)OCCO2. The van der Waals surface area contributed by atoms with E-state index in [2.05, 4.69) is 21.2 Å². The first-order valence-electron chi connectivity index (χ1n) is 8.29. The molecule has 0 unspecified atom stereocenters. The zero-order valence-corrected chi connectivity index (χ0v) is 16.4. The van der Waals surface area contributed by atoms with Gasteiger partial charge in [-0.2, -0.15) is 0 Å². The molecule has 2 rings (SSSR count). The minimum atomic E-state index is -0.202. The first-order valence-corrected chi connectivity index (χ1v) is 9.09. The Morgan fingerprint density at radius 3 is 2.32 bits per heavy atom. The van der Waals surface area contributed by atoms with Crippen molar-refractivity contribution in [3.05, 3.63) is 16.6 Å². The number of hydrogen-bond acceptors (Lipinski definition) is 5. The van der Waals surface area contributed by atoms with Gasteiger partial charge in [0.1, 0.15) is 13.2 Å². The Kier molecular flexibility index (Phi) is 7.07. The van der Waals surface area contributed by atoms with Gasteiger partial charge >= 0.3 is 0 Å². The minimum Gasteiger partial charge on any atom is -0.486 e. The van der Waals surface area contributed by atoms with E-state index in [0.29, 0.717) is 48.0 Å². The van der Waals surface area contributed by atoms with Crippen LogP contribution in [0.2, 0.25) is 0 Å². The van der Waals surface area contributed by atoms with Gasteiger partial charge < -0.3 is 19.7 Å². The van der Waals surface area contributed by atoms with Crippen LogP contribution in [-0.2, 0) is 9.59 Å². The molecule has 138 valence electrons. The predicted molar refractivity (Wildman–Crippen MR) is 99.2 cm³/mol. The highest BCUT2D eigenvalue weighted by molar-refractivity contribution is 9.10. The molecule has 2 amide bonds. The summed E-state index contributed by atoms with van der Waals surface area (Å²) in [5.41, 5.74) is 0.609. The lowest BCUT2D eigenvalue weighted by Gasteiger charge is -2.23. The van der Waals surface area contributed by atoms with Gasteiger partial charge in [0.15, 0.2) is 11.5 Å². The Bertz CT molecular complexity index is 635. The molecule has 0 aromatic heterocycles. The Morgan fingerprint density at radius 1 is 1.12 bits per heavy atom. The van der Waals surface area contributed by atoms with Crippen molar-refractivity contribution in [2.45, 2.75) is 13.8 Å². The van der Waals surface area contributed by atoms with Crippen molar-refractivity contribution < 1.29 is 19.1 Å². The molecule has 25 heavy (non-hydrogen) atoms. The first kappa shape index (κ1) is 19.5. The van der Waals surface area contributed by atoms with Crippen LogP contribution in [0, 0.1) is 0 Å². The maximum absolute atomic E-state index is 12.3. The van der Waals surface area contributed by atoms with Crippen LogP contribution >= 0.6 is 15.9 Å². The summed E-state index contributed by atoms with van der Waals surface area (Å²) in [4.78, 5) is 27.8. The van der Waals surface area contributed by atoms with E-state index < -0.39 is 0 Å². The third-order valence-electron chi connectivity index (χ3n) is 3.84. The molecule has 0 saturated carbocycles. The molecule has 0 radical (unpaired) electrons. The molecule has 0 saturated heterocycles. The molecule has 1 aromatic carbocycles. The van der Waals surface area contributed by atoms with Gasteiger partial charge in [-0.15, -0.1) is 0 Å². The summed E-state index contributed by atoms with van der Waals surface area (Å²) >= 11 is 3.42. The summed E-state index contributed by atoms with van der Waals surface area (Å²) in [6.07, 6.45) is 0. The normalized spacial score (nSPS) is 12.8. The number of likely N-dealkylation sites (N-methyl/N-ethyl adjacent to an activating group) is 2. The molecule has 1 aliphatic rings. The van der Waals surface area contributed by atoms with Gasteiger partial charge in [0, 0.05) is 29.7 Å². The van der Waals surface area contributed by atoms with Crippen LogP contribution in [0.3, 0.4) is 0 Å². The number of fused-ring (bicyclic) bond motifs is 1. The van der Waals surface area contributed by atoms with Crippen molar-refractivity contribution in [2.24, 2.45) is 0 Å². The molecule has 1 aromatic rings. The van der Waals surface area contributed by atoms with Crippen molar-refractivity contribution in [3.8, 4) is 11.5 Å². The zero-order chi connectivity index (χ0) is 18.4. The first-order chi connectivity index (χ1) is 11.9. The number of halogens is 1. The second kappa shape index (κ2) is 9.05. The Labute approximate surface area is 156 Å². The summed E-state index contributed by atoms with van der Waals surface area (Å²) in [7, 11) is 1.75. The number of carbonyl (C=O) groups excluding carboxylic acids is 2. The van der Waals surface area contributed by atoms with E-state index in [-0.39, 0.29) is 24.9 Å². The van der Waals surface area contributed by atoms with Crippen LogP contribution in [0.15, 0.2) is 16.6 Å². The van der Waals surface area contributed by atoms with Crippen molar-refractivity contribution in [1.29, 1.82) is 0 Å². The highest BCUT2D eigenvalue weighted by Gasteiger charge is 2.18. The summed E-state index contributed by atoms with van der Waals surface area (Å²) in [6.45, 7) is 6.53. The zero-order valence-electron chi connectivity index (χ0n) is 14.8. The van der Waals surface area contributed by atoms with E-state index in [9.17, 15) is 9.59 Å². The number of rotatable bonds is 7. The standard InChI is InChI=1S/C17H24BrN3O4/c1-4-21(5-2)17(23)11-20(3)10-16(22)19-13-9-15-14(8-12(13)18)24-6-7-25-15/h8-9H,4-7,10-11H2,1-3H3,(H,19,22). The Hall–Kier alpha value is -1.80. The van der Waals surface area contributed by atoms with Crippen LogP contribution in [0.1, 0.15) is 13.8 Å². The number of anilines is 1. The Morgan fingerprint density at radius 2 is 1.72 bits per heavy atom. The number of hydrogen-bond donors (Lipinski definition) is 1. The number of carbonyl (C=O) groups is 2. The van der Waals surface area contributed by atoms with E-state index in [4.69, 9.17) is 9.47 Å². The van der Waals surface area contributed by atoms with Gasteiger partial charge in [0.2, 0.25) is 11.8 Å². The van der Waals surface area contributed by atoms with E-state index in [1.54, 1.807) is 29.0 Å². The fourth-order valence-electron chi connectivity index (χ4n) is 2.56. The average Bonchev–Trinajstić information content (AvgIpc) is 2.56. The van der Waals surface area contributed by atoms with Crippen molar-refractivity contribution in [3.63, 3.8) is 0 Å². The fourth-order valence-corrected chi connectivity index (χ4v) is 2.98. The van der Waals surface area contributed by atoms with Gasteiger partial charge in [-0.05, 0) is 36.8 Å². The summed E-state index contributed by atoms with van der Waals surface area (Å²) < 4.78 is 11.7. The molecule has 0 aliphatic carbocycles. The second-order valence-corrected chi connectivity index (χ2v) is 6.62. The van der Waals surface area contributed by atoms with Gasteiger partial charge in [-0.3, -0.25) is 14.5 Å². The minimum absolute atomic E-state index is 0.0146. The molecule has 1 heterocycles. The third kappa shape index (κ3) is 5.34. The third-order valence-corrected chi connectivity index (χ3v) is 4.50. The number of nitrogens with zero attached hydrogens (tertiary/aromatic N) is 2. The highest BCUT2D eigenvalue weighted by atomic mass is 79.9. The number of ether oxygens (including phenoxy) is 2. The van der Waals surface area contributed by atoms with Crippen molar-refractivity contribution in [1.82, 2.24) is 9.80 Å². The summed E-state index contributed by atoms with van der Waals surface area (Å²) in [5, 5.41) is 2.83. The average molecular weight is 414 g/mol. The molecule has 0 spiro atoms. The molecule has 0 atom stereocenters. The maximum atomic E-state index is 12.3. The predicted octanol–water partition coefficient (Wildman–Crippen LogP) is 1.96. The lowest BCUT2D eigenvalue weighted by molar-refractivity contribution is -0.132. The summed E-state index contributed by atoms with van der Waals surface area (Å²) in [6, 6.07) is 3.51. The largest absolute Gasteiger partial charge is 0.486 e. The number of amides is 2. The fraction of sp³-hybridized carbons (Fsp3) is 0.529. The highest BCUT2D eigenvalue weighted by Crippen LogP contribution is 2.38. The molecule has 0 bridgehead atoms. The molecule has 7 nitrogen and oxygen atoms in total. The monoisotopic (exact) mass is 413 g/mol.